The van der Waals surface area contributed by atoms with Gasteiger partial charge in [0.2, 0.25) is 5.91 Å². The van der Waals surface area contributed by atoms with E-state index in [-0.39, 0.29) is 46.5 Å². The Morgan fingerprint density at radius 1 is 1.25 bits per heavy atom. The first-order valence-electron chi connectivity index (χ1n) is 7.85. The number of halogens is 1. The van der Waals surface area contributed by atoms with E-state index >= 15 is 0 Å². The van der Waals surface area contributed by atoms with E-state index in [0.717, 1.165) is 6.42 Å². The van der Waals surface area contributed by atoms with Gasteiger partial charge in [0.25, 0.3) is 0 Å². The van der Waals surface area contributed by atoms with E-state index in [1.165, 1.54) is 7.11 Å². The number of rotatable bonds is 3. The number of ether oxygens (including phenoxy) is 2. The molecule has 3 fully saturated rings. The van der Waals surface area contributed by atoms with Crippen LogP contribution in [0.2, 0.25) is 0 Å². The van der Waals surface area contributed by atoms with E-state index in [9.17, 15) is 14.4 Å². The van der Waals surface area contributed by atoms with Crippen LogP contribution in [-0.4, -0.2) is 35.9 Å². The first-order chi connectivity index (χ1) is 11.5. The van der Waals surface area contributed by atoms with Gasteiger partial charge in [-0.15, -0.1) is 0 Å². The maximum absolute atomic E-state index is 12.7. The van der Waals surface area contributed by atoms with Crippen LogP contribution in [0, 0.1) is 23.7 Å². The summed E-state index contributed by atoms with van der Waals surface area (Å²) in [5, 5.41) is 2.86. The minimum atomic E-state index is -0.428. The molecule has 3 aliphatic rings. The first kappa shape index (κ1) is 15.6. The van der Waals surface area contributed by atoms with Crippen LogP contribution >= 0.6 is 15.9 Å². The van der Waals surface area contributed by atoms with Crippen LogP contribution in [0.4, 0.5) is 5.69 Å². The Hall–Kier alpha value is -1.89. The molecule has 0 aromatic heterocycles. The lowest BCUT2D eigenvalue weighted by molar-refractivity contribution is -0.145. The molecule has 0 unspecified atom stereocenters. The summed E-state index contributed by atoms with van der Waals surface area (Å²) in [6.07, 6.45) is 0.756. The zero-order chi connectivity index (χ0) is 17.0. The van der Waals surface area contributed by atoms with Gasteiger partial charge in [-0.25, -0.2) is 4.79 Å². The van der Waals surface area contributed by atoms with Crippen molar-refractivity contribution < 1.29 is 23.9 Å². The zero-order valence-electron chi connectivity index (χ0n) is 12.9. The van der Waals surface area contributed by atoms with E-state index in [0.29, 0.717) is 11.3 Å². The molecule has 24 heavy (non-hydrogen) atoms. The molecular formula is C17H16BrNO5. The van der Waals surface area contributed by atoms with Gasteiger partial charge < -0.3 is 14.8 Å². The number of hydrogen-bond acceptors (Lipinski definition) is 5. The topological polar surface area (TPSA) is 81.7 Å². The van der Waals surface area contributed by atoms with Gasteiger partial charge in [-0.3, -0.25) is 9.59 Å². The second kappa shape index (κ2) is 5.58. The number of nitrogens with one attached hydrogen (secondary N) is 1. The second-order valence-electron chi connectivity index (χ2n) is 6.52. The predicted molar refractivity (Wildman–Crippen MR) is 87.6 cm³/mol. The highest BCUT2D eigenvalue weighted by Crippen LogP contribution is 2.60. The van der Waals surface area contributed by atoms with Gasteiger partial charge in [0, 0.05) is 11.6 Å². The molecule has 1 aromatic rings. The highest BCUT2D eigenvalue weighted by molar-refractivity contribution is 9.09. The lowest BCUT2D eigenvalue weighted by Gasteiger charge is -2.27. The van der Waals surface area contributed by atoms with Crippen LogP contribution in [0.3, 0.4) is 0 Å². The second-order valence-corrected chi connectivity index (χ2v) is 7.58. The third-order valence-corrected chi connectivity index (χ3v) is 6.60. The lowest BCUT2D eigenvalue weighted by Crippen LogP contribution is -2.40. The van der Waals surface area contributed by atoms with Gasteiger partial charge in [-0.1, -0.05) is 15.9 Å². The Labute approximate surface area is 147 Å². The molecule has 1 N–H and O–H groups in total. The van der Waals surface area contributed by atoms with Gasteiger partial charge in [-0.2, -0.15) is 0 Å². The van der Waals surface area contributed by atoms with Crippen molar-refractivity contribution in [3.05, 3.63) is 29.8 Å². The monoisotopic (exact) mass is 393 g/mol. The molecule has 1 saturated heterocycles. The lowest BCUT2D eigenvalue weighted by atomic mass is 9.79. The van der Waals surface area contributed by atoms with Crippen LogP contribution in [0.15, 0.2) is 24.3 Å². The van der Waals surface area contributed by atoms with E-state index in [1.54, 1.807) is 24.3 Å². The van der Waals surface area contributed by atoms with Gasteiger partial charge in [0.1, 0.15) is 6.10 Å². The molecule has 6 atom stereocenters. The average molecular weight is 394 g/mol. The standard InChI is InChI=1S/C17H16BrNO5/c1-23-16(21)7-2-4-8(5-3-7)19-15(20)11-9-6-10-12(11)17(22)24-14(10)13(9)18/h2-5,9-14H,6H2,1H3,(H,19,20)/t9-,10-,11-,12+,13-,14+/m1/s1. The number of alkyl halides is 1. The molecule has 1 aliphatic heterocycles. The molecule has 0 spiro atoms. The summed E-state index contributed by atoms with van der Waals surface area (Å²) in [6.45, 7) is 0. The predicted octanol–water partition coefficient (Wildman–Crippen LogP) is 1.98. The third-order valence-electron chi connectivity index (χ3n) is 5.40. The maximum atomic E-state index is 12.7. The van der Waals surface area contributed by atoms with Gasteiger partial charge in [-0.05, 0) is 36.6 Å². The number of esters is 2. The summed E-state index contributed by atoms with van der Waals surface area (Å²) >= 11 is 3.60. The Bertz CT molecular complexity index is 718. The van der Waals surface area contributed by atoms with Crippen LogP contribution in [0.25, 0.3) is 0 Å². The molecule has 2 bridgehead atoms. The fourth-order valence-corrected chi connectivity index (χ4v) is 5.41. The third kappa shape index (κ3) is 2.17. The molecule has 4 rings (SSSR count). The summed E-state index contributed by atoms with van der Waals surface area (Å²) in [5.74, 6) is -1.29. The van der Waals surface area contributed by atoms with Crippen molar-refractivity contribution in [2.75, 3.05) is 12.4 Å². The van der Waals surface area contributed by atoms with Crippen LogP contribution in [0.1, 0.15) is 16.8 Å². The fourth-order valence-electron chi connectivity index (χ4n) is 4.36. The molecule has 1 heterocycles. The Morgan fingerprint density at radius 2 is 1.96 bits per heavy atom. The van der Waals surface area contributed by atoms with Crippen molar-refractivity contribution in [3.63, 3.8) is 0 Å². The van der Waals surface area contributed by atoms with Gasteiger partial charge in [0.15, 0.2) is 0 Å². The Morgan fingerprint density at radius 3 is 2.62 bits per heavy atom. The molecule has 7 heteroatoms. The summed E-state index contributed by atoms with van der Waals surface area (Å²) in [6, 6.07) is 6.49. The van der Waals surface area contributed by atoms with Crippen molar-refractivity contribution >= 4 is 39.5 Å². The number of anilines is 1. The number of methoxy groups -OCH3 is 1. The van der Waals surface area contributed by atoms with Crippen molar-refractivity contribution in [1.82, 2.24) is 0 Å². The van der Waals surface area contributed by atoms with Crippen molar-refractivity contribution in [3.8, 4) is 0 Å². The number of fused-ring (bicyclic) bond motifs is 1. The molecule has 1 aromatic carbocycles. The Balaban J connectivity index is 1.51. The van der Waals surface area contributed by atoms with Gasteiger partial charge in [0.05, 0.1) is 29.3 Å². The molecule has 0 radical (unpaired) electrons. The van der Waals surface area contributed by atoms with E-state index in [1.807, 2.05) is 0 Å². The number of hydrogen-bond donors (Lipinski definition) is 1. The number of benzene rings is 1. The van der Waals surface area contributed by atoms with Gasteiger partial charge >= 0.3 is 11.9 Å². The quantitative estimate of drug-likeness (QED) is 0.627. The highest BCUT2D eigenvalue weighted by atomic mass is 79.9. The first-order valence-corrected chi connectivity index (χ1v) is 8.76. The minimum absolute atomic E-state index is 0.0441. The van der Waals surface area contributed by atoms with E-state index < -0.39 is 5.97 Å². The SMILES string of the molecule is COC(=O)c1ccc(NC(=O)[C@@H]2[C@H]3C[C@H]4[C@H](OC(=O)[C@@H]42)[C@@H]3Br)cc1. The number of carbonyl (C=O) groups excluding carboxylic acids is 3. The molecule has 2 aliphatic carbocycles. The summed E-state index contributed by atoms with van der Waals surface area (Å²) in [5.41, 5.74) is 1.00. The fraction of sp³-hybridized carbons (Fsp3) is 0.471. The Kier molecular flexibility index (Phi) is 3.63. The average Bonchev–Trinajstić information content (AvgIpc) is 3.19. The highest BCUT2D eigenvalue weighted by Gasteiger charge is 2.67. The molecule has 2 saturated carbocycles. The van der Waals surface area contributed by atoms with Crippen LogP contribution in [0.5, 0.6) is 0 Å². The minimum Gasteiger partial charge on any atom is -0.465 e. The zero-order valence-corrected chi connectivity index (χ0v) is 14.5. The van der Waals surface area contributed by atoms with Crippen molar-refractivity contribution in [1.29, 1.82) is 0 Å². The van der Waals surface area contributed by atoms with Crippen molar-refractivity contribution in [2.24, 2.45) is 23.7 Å². The summed E-state index contributed by atoms with van der Waals surface area (Å²) in [7, 11) is 1.32. The maximum Gasteiger partial charge on any atom is 0.337 e. The summed E-state index contributed by atoms with van der Waals surface area (Å²) < 4.78 is 10.1. The number of amides is 1. The summed E-state index contributed by atoms with van der Waals surface area (Å²) in [4.78, 5) is 36.3. The smallest absolute Gasteiger partial charge is 0.337 e. The largest absolute Gasteiger partial charge is 0.465 e. The van der Waals surface area contributed by atoms with Crippen molar-refractivity contribution in [2.45, 2.75) is 17.4 Å². The van der Waals surface area contributed by atoms with E-state index in [4.69, 9.17) is 4.74 Å². The molecule has 1 amide bonds. The molecule has 6 nitrogen and oxygen atoms in total. The number of carbonyl (C=O) groups is 3. The van der Waals surface area contributed by atoms with Crippen LogP contribution < -0.4 is 5.32 Å². The molecule has 126 valence electrons. The normalized spacial score (nSPS) is 35.7. The van der Waals surface area contributed by atoms with Crippen LogP contribution in [-0.2, 0) is 19.1 Å². The van der Waals surface area contributed by atoms with E-state index in [2.05, 4.69) is 26.0 Å². The molecular weight excluding hydrogens is 378 g/mol.